The number of benzene rings is 1. The predicted molar refractivity (Wildman–Crippen MR) is 89.0 cm³/mol. The van der Waals surface area contributed by atoms with E-state index in [0.29, 0.717) is 11.3 Å². The Hall–Kier alpha value is -3.43. The van der Waals surface area contributed by atoms with Crippen molar-refractivity contribution in [1.29, 1.82) is 0 Å². The third-order valence-electron chi connectivity index (χ3n) is 3.94. The lowest BCUT2D eigenvalue weighted by molar-refractivity contribution is -0.137. The van der Waals surface area contributed by atoms with Crippen LogP contribution in [0, 0.1) is 6.92 Å². The lowest BCUT2D eigenvalue weighted by Crippen LogP contribution is -2.19. The second kappa shape index (κ2) is 6.08. The number of pyridine rings is 1. The van der Waals surface area contributed by atoms with Crippen molar-refractivity contribution in [3.05, 3.63) is 69.8 Å². The first kappa shape index (κ1) is 17.0. The third-order valence-corrected chi connectivity index (χ3v) is 3.94. The van der Waals surface area contributed by atoms with E-state index in [1.54, 1.807) is 12.3 Å². The van der Waals surface area contributed by atoms with Gasteiger partial charge in [0, 0.05) is 12.3 Å². The van der Waals surface area contributed by atoms with Gasteiger partial charge in [0.15, 0.2) is 6.61 Å². The van der Waals surface area contributed by atoms with Crippen molar-refractivity contribution in [3.8, 4) is 0 Å². The van der Waals surface area contributed by atoms with Gasteiger partial charge in [0.05, 0.1) is 11.3 Å². The van der Waals surface area contributed by atoms with E-state index < -0.39 is 11.7 Å². The highest BCUT2D eigenvalue weighted by Gasteiger charge is 2.31. The van der Waals surface area contributed by atoms with Crippen LogP contribution in [-0.2, 0) is 12.8 Å². The summed E-state index contributed by atoms with van der Waals surface area (Å²) in [6.07, 6.45) is -2.82. The Balaban J connectivity index is 1.65. The van der Waals surface area contributed by atoms with Gasteiger partial charge in [-0.3, -0.25) is 9.20 Å². The highest BCUT2D eigenvalue weighted by Crippen LogP contribution is 2.30. The first-order valence-electron chi connectivity index (χ1n) is 7.86. The molecule has 7 nitrogen and oxygen atoms in total. The van der Waals surface area contributed by atoms with Crippen molar-refractivity contribution in [2.45, 2.75) is 19.7 Å². The third kappa shape index (κ3) is 3.21. The van der Waals surface area contributed by atoms with Gasteiger partial charge in [-0.15, -0.1) is 5.10 Å². The summed E-state index contributed by atoms with van der Waals surface area (Å²) >= 11 is 0. The van der Waals surface area contributed by atoms with Crippen LogP contribution in [0.4, 0.5) is 13.2 Å². The maximum atomic E-state index is 12.9. The minimum absolute atomic E-state index is 0.0676. The number of halogens is 3. The molecule has 4 rings (SSSR count). The van der Waals surface area contributed by atoms with Gasteiger partial charge in [0.25, 0.3) is 5.56 Å². The van der Waals surface area contributed by atoms with Crippen molar-refractivity contribution in [2.24, 2.45) is 0 Å². The van der Waals surface area contributed by atoms with E-state index in [1.807, 2.05) is 13.0 Å². The Morgan fingerprint density at radius 3 is 2.74 bits per heavy atom. The van der Waals surface area contributed by atoms with E-state index in [2.05, 4.69) is 15.3 Å². The summed E-state index contributed by atoms with van der Waals surface area (Å²) in [5, 5.41) is 7.46. The second-order valence-electron chi connectivity index (χ2n) is 5.96. The number of alkyl halides is 3. The van der Waals surface area contributed by atoms with Gasteiger partial charge in [-0.05, 0) is 42.0 Å². The van der Waals surface area contributed by atoms with Crippen LogP contribution in [0.25, 0.3) is 16.7 Å². The molecule has 138 valence electrons. The number of hydrogen-bond acceptors (Lipinski definition) is 5. The Morgan fingerprint density at radius 2 is 1.96 bits per heavy atom. The summed E-state index contributed by atoms with van der Waals surface area (Å²) in [5.74, 6) is 0. The van der Waals surface area contributed by atoms with Gasteiger partial charge in [-0.25, -0.2) is 4.98 Å². The fourth-order valence-electron chi connectivity index (χ4n) is 2.63. The van der Waals surface area contributed by atoms with Crippen LogP contribution < -0.4 is 10.4 Å². The monoisotopic (exact) mass is 375 g/mol. The Labute approximate surface area is 149 Å². The van der Waals surface area contributed by atoms with Gasteiger partial charge in [0.1, 0.15) is 16.7 Å². The van der Waals surface area contributed by atoms with Crippen molar-refractivity contribution in [3.63, 3.8) is 0 Å². The molecular weight excluding hydrogens is 363 g/mol. The van der Waals surface area contributed by atoms with Crippen molar-refractivity contribution in [2.75, 3.05) is 0 Å². The standard InChI is InChI=1S/C17H12F3N5O2/c1-10-2-5-15-21-12(7-16(26)24(15)8-10)9-27-25-14-6-11(17(18,19)20)3-4-13(14)22-23-25/h2-8H,9H2,1H3. The SMILES string of the molecule is Cc1ccc2nc(COn3nnc4ccc(C(F)(F)F)cc43)cc(=O)n2c1. The summed E-state index contributed by atoms with van der Waals surface area (Å²) in [7, 11) is 0. The van der Waals surface area contributed by atoms with E-state index in [0.717, 1.165) is 22.5 Å². The molecule has 4 aromatic rings. The highest BCUT2D eigenvalue weighted by atomic mass is 19.4. The van der Waals surface area contributed by atoms with Crippen molar-refractivity contribution < 1.29 is 18.0 Å². The van der Waals surface area contributed by atoms with Gasteiger partial charge in [-0.2, -0.15) is 13.2 Å². The molecule has 10 heteroatoms. The number of aromatic nitrogens is 5. The zero-order valence-corrected chi connectivity index (χ0v) is 13.9. The van der Waals surface area contributed by atoms with Crippen LogP contribution in [0.5, 0.6) is 0 Å². The first-order valence-corrected chi connectivity index (χ1v) is 7.86. The molecule has 0 N–H and O–H groups in total. The number of hydrogen-bond donors (Lipinski definition) is 0. The molecule has 0 unspecified atom stereocenters. The van der Waals surface area contributed by atoms with E-state index in [4.69, 9.17) is 4.84 Å². The number of nitrogens with zero attached hydrogens (tertiary/aromatic N) is 5. The second-order valence-corrected chi connectivity index (χ2v) is 5.96. The number of rotatable bonds is 3. The van der Waals surface area contributed by atoms with Crippen LogP contribution in [0.3, 0.4) is 0 Å². The molecule has 0 atom stereocenters. The summed E-state index contributed by atoms with van der Waals surface area (Å²) in [5.41, 5.74) is 0.867. The molecule has 0 aliphatic carbocycles. The maximum absolute atomic E-state index is 12.9. The smallest absolute Gasteiger partial charge is 0.388 e. The number of fused-ring (bicyclic) bond motifs is 2. The van der Waals surface area contributed by atoms with Crippen molar-refractivity contribution in [1.82, 2.24) is 24.5 Å². The molecular formula is C17H12F3N5O2. The minimum Gasteiger partial charge on any atom is -0.388 e. The summed E-state index contributed by atoms with van der Waals surface area (Å²) in [6.45, 7) is 1.70. The molecule has 3 heterocycles. The normalized spacial score (nSPS) is 12.0. The van der Waals surface area contributed by atoms with Gasteiger partial charge in [0.2, 0.25) is 0 Å². The van der Waals surface area contributed by atoms with Crippen LogP contribution in [0.15, 0.2) is 47.4 Å². The van der Waals surface area contributed by atoms with Gasteiger partial charge < -0.3 is 4.84 Å². The average molecular weight is 375 g/mol. The predicted octanol–water partition coefficient (Wildman–Crippen LogP) is 2.40. The molecule has 0 aliphatic heterocycles. The Bertz CT molecular complexity index is 1210. The molecule has 0 radical (unpaired) electrons. The molecule has 27 heavy (non-hydrogen) atoms. The topological polar surface area (TPSA) is 74.3 Å². The van der Waals surface area contributed by atoms with Crippen LogP contribution in [0.2, 0.25) is 0 Å². The van der Waals surface area contributed by atoms with E-state index in [1.165, 1.54) is 16.5 Å². The summed E-state index contributed by atoms with van der Waals surface area (Å²) in [4.78, 5) is 22.8. The molecule has 0 amide bonds. The molecule has 1 aromatic carbocycles. The van der Waals surface area contributed by atoms with Crippen LogP contribution >= 0.6 is 0 Å². The maximum Gasteiger partial charge on any atom is 0.416 e. The van der Waals surface area contributed by atoms with Crippen LogP contribution in [-0.4, -0.2) is 24.5 Å². The van der Waals surface area contributed by atoms with Gasteiger partial charge >= 0.3 is 6.18 Å². The molecule has 0 aliphatic rings. The number of aryl methyl sites for hydroxylation is 1. The van der Waals surface area contributed by atoms with Crippen LogP contribution in [0.1, 0.15) is 16.8 Å². The van der Waals surface area contributed by atoms with Gasteiger partial charge in [-0.1, -0.05) is 10.9 Å². The van der Waals surface area contributed by atoms with E-state index in [-0.39, 0.29) is 23.2 Å². The molecule has 0 fully saturated rings. The summed E-state index contributed by atoms with van der Waals surface area (Å²) in [6, 6.07) is 7.85. The molecule has 0 saturated carbocycles. The molecule has 0 saturated heterocycles. The fraction of sp³-hybridized carbons (Fsp3) is 0.176. The largest absolute Gasteiger partial charge is 0.416 e. The minimum atomic E-state index is -4.49. The lowest BCUT2D eigenvalue weighted by Gasteiger charge is -2.08. The fourth-order valence-corrected chi connectivity index (χ4v) is 2.63. The quantitative estimate of drug-likeness (QED) is 0.550. The Morgan fingerprint density at radius 1 is 1.15 bits per heavy atom. The molecule has 3 aromatic heterocycles. The van der Waals surface area contributed by atoms with E-state index in [9.17, 15) is 18.0 Å². The molecule has 0 bridgehead atoms. The first-order chi connectivity index (χ1) is 12.8. The highest BCUT2D eigenvalue weighted by molar-refractivity contribution is 5.74. The average Bonchev–Trinajstić information content (AvgIpc) is 3.02. The lowest BCUT2D eigenvalue weighted by atomic mass is 10.2. The zero-order chi connectivity index (χ0) is 19.2. The van der Waals surface area contributed by atoms with Crippen molar-refractivity contribution >= 4 is 16.7 Å². The molecule has 0 spiro atoms. The Kier molecular flexibility index (Phi) is 3.83. The zero-order valence-electron chi connectivity index (χ0n) is 13.9. The van der Waals surface area contributed by atoms with E-state index >= 15 is 0 Å². The summed E-state index contributed by atoms with van der Waals surface area (Å²) < 4.78 is 40.1.